The lowest BCUT2D eigenvalue weighted by molar-refractivity contribution is -0.123. The summed E-state index contributed by atoms with van der Waals surface area (Å²) in [4.78, 5) is 11.5. The molecule has 1 saturated heterocycles. The van der Waals surface area contributed by atoms with Crippen LogP contribution in [0.2, 0.25) is 0 Å². The lowest BCUT2D eigenvalue weighted by Crippen LogP contribution is -2.33. The van der Waals surface area contributed by atoms with Crippen LogP contribution in [0.15, 0.2) is 18.2 Å². The molecule has 0 saturated carbocycles. The summed E-state index contributed by atoms with van der Waals surface area (Å²) in [6, 6.07) is 6.11. The first-order valence-electron chi connectivity index (χ1n) is 5.38. The van der Waals surface area contributed by atoms with Gasteiger partial charge in [-0.1, -0.05) is 12.1 Å². The van der Waals surface area contributed by atoms with E-state index in [0.29, 0.717) is 6.54 Å². The molecular formula is C12H16N2O2. The highest BCUT2D eigenvalue weighted by Crippen LogP contribution is 2.23. The number of anilines is 1. The average Bonchev–Trinajstić information content (AvgIpc) is 2.63. The summed E-state index contributed by atoms with van der Waals surface area (Å²) in [5, 5.41) is 10.8. The van der Waals surface area contributed by atoms with Crippen LogP contribution in [0.1, 0.15) is 11.1 Å². The van der Waals surface area contributed by atoms with Crippen molar-refractivity contribution in [1.29, 1.82) is 0 Å². The van der Waals surface area contributed by atoms with E-state index in [-0.39, 0.29) is 18.4 Å². The minimum atomic E-state index is -0.320. The first-order chi connectivity index (χ1) is 7.61. The summed E-state index contributed by atoms with van der Waals surface area (Å²) >= 11 is 0. The van der Waals surface area contributed by atoms with E-state index in [1.54, 1.807) is 0 Å². The average molecular weight is 220 g/mol. The third-order valence-electron chi connectivity index (χ3n) is 2.89. The number of amides is 1. The van der Waals surface area contributed by atoms with Crippen LogP contribution in [0.25, 0.3) is 0 Å². The highest BCUT2D eigenvalue weighted by atomic mass is 16.3. The molecule has 2 rings (SSSR count). The number of hydrogen-bond acceptors (Lipinski definition) is 3. The van der Waals surface area contributed by atoms with Crippen LogP contribution in [0.3, 0.4) is 0 Å². The number of hydrogen-bond donors (Lipinski definition) is 2. The van der Waals surface area contributed by atoms with Crippen LogP contribution in [0.4, 0.5) is 5.69 Å². The van der Waals surface area contributed by atoms with Crippen molar-refractivity contribution in [2.24, 2.45) is 5.92 Å². The molecule has 4 nitrogen and oxygen atoms in total. The summed E-state index contributed by atoms with van der Waals surface area (Å²) in [7, 11) is 0. The van der Waals surface area contributed by atoms with Crippen molar-refractivity contribution < 1.29 is 9.90 Å². The van der Waals surface area contributed by atoms with E-state index in [1.165, 1.54) is 0 Å². The van der Waals surface area contributed by atoms with Gasteiger partial charge in [0.15, 0.2) is 0 Å². The quantitative estimate of drug-likeness (QED) is 0.773. The topological polar surface area (TPSA) is 52.6 Å². The van der Waals surface area contributed by atoms with Gasteiger partial charge in [0.25, 0.3) is 0 Å². The van der Waals surface area contributed by atoms with Crippen molar-refractivity contribution >= 4 is 11.6 Å². The molecule has 1 atom stereocenters. The van der Waals surface area contributed by atoms with Crippen molar-refractivity contribution in [2.75, 3.05) is 18.2 Å². The predicted molar refractivity (Wildman–Crippen MR) is 62.0 cm³/mol. The van der Waals surface area contributed by atoms with Crippen LogP contribution < -0.4 is 10.4 Å². The lowest BCUT2D eigenvalue weighted by Gasteiger charge is -2.20. The Hall–Kier alpha value is -1.55. The Morgan fingerprint density at radius 2 is 2.25 bits per heavy atom. The lowest BCUT2D eigenvalue weighted by atomic mass is 10.1. The van der Waals surface area contributed by atoms with E-state index in [9.17, 15) is 4.79 Å². The number of rotatable bonds is 2. The second kappa shape index (κ2) is 4.14. The van der Waals surface area contributed by atoms with E-state index < -0.39 is 0 Å². The van der Waals surface area contributed by atoms with Gasteiger partial charge in [-0.3, -0.25) is 15.2 Å². The maximum atomic E-state index is 11.5. The molecule has 0 spiro atoms. The largest absolute Gasteiger partial charge is 0.395 e. The van der Waals surface area contributed by atoms with Crippen LogP contribution in [-0.2, 0) is 4.79 Å². The Kier molecular flexibility index (Phi) is 2.83. The molecule has 16 heavy (non-hydrogen) atoms. The normalized spacial score (nSPS) is 20.1. The fraction of sp³-hybridized carbons (Fsp3) is 0.417. The van der Waals surface area contributed by atoms with Crippen LogP contribution >= 0.6 is 0 Å². The number of carbonyl (C=O) groups excluding carboxylic acids is 1. The van der Waals surface area contributed by atoms with E-state index in [0.717, 1.165) is 16.8 Å². The minimum Gasteiger partial charge on any atom is -0.395 e. The summed E-state index contributed by atoms with van der Waals surface area (Å²) in [5.74, 6) is -0.427. The van der Waals surface area contributed by atoms with Gasteiger partial charge < -0.3 is 5.11 Å². The third-order valence-corrected chi connectivity index (χ3v) is 2.89. The third kappa shape index (κ3) is 1.88. The molecule has 0 bridgehead atoms. The van der Waals surface area contributed by atoms with Crippen LogP contribution in [-0.4, -0.2) is 24.2 Å². The highest BCUT2D eigenvalue weighted by molar-refractivity contribution is 5.84. The molecule has 1 aromatic carbocycles. The zero-order chi connectivity index (χ0) is 11.7. The van der Waals surface area contributed by atoms with Gasteiger partial charge in [-0.15, -0.1) is 0 Å². The van der Waals surface area contributed by atoms with Crippen LogP contribution in [0, 0.1) is 19.8 Å². The fourth-order valence-corrected chi connectivity index (χ4v) is 1.88. The predicted octanol–water partition coefficient (Wildman–Crippen LogP) is 0.763. The number of benzene rings is 1. The molecule has 1 fully saturated rings. The van der Waals surface area contributed by atoms with Crippen molar-refractivity contribution in [1.82, 2.24) is 5.43 Å². The van der Waals surface area contributed by atoms with Crippen molar-refractivity contribution in [3.63, 3.8) is 0 Å². The van der Waals surface area contributed by atoms with E-state index >= 15 is 0 Å². The molecule has 2 N–H and O–H groups in total. The van der Waals surface area contributed by atoms with Gasteiger partial charge in [0.1, 0.15) is 0 Å². The maximum Gasteiger partial charge on any atom is 0.245 e. The molecule has 0 aliphatic carbocycles. The van der Waals surface area contributed by atoms with Gasteiger partial charge in [0.05, 0.1) is 24.8 Å². The number of carbonyl (C=O) groups is 1. The van der Waals surface area contributed by atoms with Gasteiger partial charge in [-0.05, 0) is 31.0 Å². The standard InChI is InChI=1S/C12H16N2O2/c1-8-3-4-9(2)11(5-8)14-6-10(7-15)12(16)13-14/h3-5,10,15H,6-7H2,1-2H3,(H,13,16). The molecule has 86 valence electrons. The monoisotopic (exact) mass is 220 g/mol. The zero-order valence-electron chi connectivity index (χ0n) is 9.53. The molecule has 0 aromatic heterocycles. The molecule has 1 aliphatic heterocycles. The van der Waals surface area contributed by atoms with Gasteiger partial charge in [0.2, 0.25) is 5.91 Å². The Balaban J connectivity index is 2.26. The van der Waals surface area contributed by atoms with Gasteiger partial charge >= 0.3 is 0 Å². The summed E-state index contributed by atoms with van der Waals surface area (Å²) in [6.07, 6.45) is 0. The SMILES string of the molecule is Cc1ccc(C)c(N2CC(CO)C(=O)N2)c1. The van der Waals surface area contributed by atoms with E-state index in [4.69, 9.17) is 5.11 Å². The molecule has 1 heterocycles. The number of aliphatic hydroxyl groups is 1. The van der Waals surface area contributed by atoms with Gasteiger partial charge in [-0.25, -0.2) is 0 Å². The second-order valence-corrected chi connectivity index (χ2v) is 4.26. The first kappa shape index (κ1) is 11.0. The molecular weight excluding hydrogens is 204 g/mol. The number of aryl methyl sites for hydroxylation is 2. The first-order valence-corrected chi connectivity index (χ1v) is 5.38. The number of hydrazine groups is 1. The van der Waals surface area contributed by atoms with E-state index in [1.807, 2.05) is 37.1 Å². The van der Waals surface area contributed by atoms with E-state index in [2.05, 4.69) is 5.43 Å². The Bertz CT molecular complexity index is 417. The van der Waals surface area contributed by atoms with Crippen molar-refractivity contribution in [3.05, 3.63) is 29.3 Å². The van der Waals surface area contributed by atoms with Gasteiger partial charge in [-0.2, -0.15) is 0 Å². The molecule has 1 aliphatic rings. The Morgan fingerprint density at radius 3 is 2.88 bits per heavy atom. The molecule has 1 unspecified atom stereocenters. The molecule has 1 amide bonds. The molecule has 0 radical (unpaired) electrons. The number of nitrogens with one attached hydrogen (secondary N) is 1. The zero-order valence-corrected chi connectivity index (χ0v) is 9.53. The maximum absolute atomic E-state index is 11.5. The number of nitrogens with zero attached hydrogens (tertiary/aromatic N) is 1. The van der Waals surface area contributed by atoms with Crippen LogP contribution in [0.5, 0.6) is 0 Å². The van der Waals surface area contributed by atoms with Crippen molar-refractivity contribution in [3.8, 4) is 0 Å². The molecule has 4 heteroatoms. The van der Waals surface area contributed by atoms with Gasteiger partial charge in [0, 0.05) is 0 Å². The highest BCUT2D eigenvalue weighted by Gasteiger charge is 2.30. The van der Waals surface area contributed by atoms with Crippen molar-refractivity contribution in [2.45, 2.75) is 13.8 Å². The Morgan fingerprint density at radius 1 is 1.50 bits per heavy atom. The summed E-state index contributed by atoms with van der Waals surface area (Å²) in [5.41, 5.74) is 6.05. The Labute approximate surface area is 94.9 Å². The second-order valence-electron chi connectivity index (χ2n) is 4.26. The summed E-state index contributed by atoms with van der Waals surface area (Å²) < 4.78 is 0. The fourth-order valence-electron chi connectivity index (χ4n) is 1.88. The molecule has 1 aromatic rings. The minimum absolute atomic E-state index is 0.104. The summed E-state index contributed by atoms with van der Waals surface area (Å²) in [6.45, 7) is 4.45. The smallest absolute Gasteiger partial charge is 0.245 e. The number of aliphatic hydroxyl groups excluding tert-OH is 1.